The lowest BCUT2D eigenvalue weighted by Gasteiger charge is -2.10. The van der Waals surface area contributed by atoms with Gasteiger partial charge in [0.2, 0.25) is 0 Å². The van der Waals surface area contributed by atoms with Gasteiger partial charge in [-0.05, 0) is 172 Å². The van der Waals surface area contributed by atoms with Crippen molar-refractivity contribution in [2.75, 3.05) is 18.9 Å². The van der Waals surface area contributed by atoms with Crippen molar-refractivity contribution >= 4 is 96.7 Å². The second-order valence-corrected chi connectivity index (χ2v) is 23.2. The molecule has 0 saturated carbocycles. The van der Waals surface area contributed by atoms with Crippen LogP contribution in [0.3, 0.4) is 0 Å². The summed E-state index contributed by atoms with van der Waals surface area (Å²) in [5, 5.41) is 63.6. The lowest BCUT2D eigenvalue weighted by Crippen LogP contribution is -2.08. The molecule has 0 amide bonds. The Hall–Kier alpha value is -8.16. The molecule has 0 aliphatic rings. The third kappa shape index (κ3) is 16.2. The summed E-state index contributed by atoms with van der Waals surface area (Å²) in [6, 6.07) is 19.2. The number of phenolic OH excluding ortho intramolecular Hbond substituents is 2. The van der Waals surface area contributed by atoms with Gasteiger partial charge < -0.3 is 14.9 Å². The Morgan fingerprint density at radius 1 is 0.570 bits per heavy atom. The first-order valence-electron chi connectivity index (χ1n) is 23.0. The van der Waals surface area contributed by atoms with Crippen LogP contribution in [0.4, 0.5) is 45.5 Å². The van der Waals surface area contributed by atoms with Crippen LogP contribution in [0.25, 0.3) is 10.8 Å². The van der Waals surface area contributed by atoms with Crippen LogP contribution in [-0.2, 0) is 45.2 Å². The van der Waals surface area contributed by atoms with Gasteiger partial charge in [0.05, 0.1) is 57.1 Å². The van der Waals surface area contributed by atoms with Crippen LogP contribution in [0.5, 0.6) is 11.5 Å². The summed E-state index contributed by atoms with van der Waals surface area (Å²) >= 11 is 0. The fourth-order valence-corrected chi connectivity index (χ4v) is 9.39. The Labute approximate surface area is 454 Å². The first kappa shape index (κ1) is 60.1. The van der Waals surface area contributed by atoms with Gasteiger partial charge in [-0.3, -0.25) is 18.2 Å². The molecule has 0 atom stereocenters. The van der Waals surface area contributed by atoms with E-state index in [1.165, 1.54) is 36.4 Å². The number of aryl methyl sites for hydroxylation is 5. The van der Waals surface area contributed by atoms with E-state index < -0.39 is 78.0 Å². The first-order valence-corrected chi connectivity index (χ1v) is 28.9. The quantitative estimate of drug-likeness (QED) is 0.0128. The van der Waals surface area contributed by atoms with Crippen molar-refractivity contribution in [2.24, 2.45) is 51.1 Å². The molecular weight excluding hydrogens is 1110 g/mol. The smallest absolute Gasteiger partial charge is 0.296 e. The lowest BCUT2D eigenvalue weighted by atomic mass is 10.1. The molecule has 0 saturated heterocycles. The van der Waals surface area contributed by atoms with E-state index in [9.17, 15) is 62.1 Å². The second-order valence-electron chi connectivity index (χ2n) is 17.4. The van der Waals surface area contributed by atoms with Gasteiger partial charge in [0.1, 0.15) is 39.2 Å². The molecule has 6 rings (SSSR count). The number of ether oxygens (including phenoxy) is 1. The van der Waals surface area contributed by atoms with E-state index in [4.69, 9.17) is 4.74 Å². The van der Waals surface area contributed by atoms with E-state index >= 15 is 0 Å². The van der Waals surface area contributed by atoms with Gasteiger partial charge >= 0.3 is 0 Å². The van der Waals surface area contributed by atoms with E-state index in [-0.39, 0.29) is 53.2 Å². The molecule has 6 N–H and O–H groups in total. The predicted molar refractivity (Wildman–Crippen MR) is 291 cm³/mol. The van der Waals surface area contributed by atoms with E-state index in [0.717, 1.165) is 18.2 Å². The zero-order valence-corrected chi connectivity index (χ0v) is 46.0. The van der Waals surface area contributed by atoms with Crippen molar-refractivity contribution in [2.45, 2.75) is 62.6 Å². The number of allylic oxidation sites excluding steroid dienone is 3. The highest BCUT2D eigenvalue weighted by Crippen LogP contribution is 2.43. The van der Waals surface area contributed by atoms with Gasteiger partial charge in [0.25, 0.3) is 40.5 Å². The predicted octanol–water partition coefficient (Wildman–Crippen LogP) is 13.3. The molecule has 0 radical (unpaired) electrons. The first-order chi connectivity index (χ1) is 36.9. The molecule has 0 unspecified atom stereocenters. The van der Waals surface area contributed by atoms with Crippen molar-refractivity contribution in [3.05, 3.63) is 149 Å². The molecule has 0 aliphatic heterocycles. The number of azo groups is 5. The standard InChI is InChI=1S/C50H50N10O15S4/c1-8-28(2)45(58-55-40-14-12-38(77(66,67)68)26-47(40)78(69,70)71)25-37(75-16-9-17-76(63,64)65)27-51-54-41-19-30(4)42(20-29(41)3)56-57-43-21-32(6)44(22-31(43)5)59-60-49-48(79(72,73)74)24-34-23-36(10-13-39(34)50(49)62)53-52-35-11-15-46(61)33(7)18-35/h8,10-15,18-26,61-62H,1,9,16-17,27H2,2-7H3,(H,63,64,65)(H,66,67,68)(H,69,70,71)(H,72,73,74)/b37-25+,45-28+,53-52?,54-51?,57-56?,58-55?,60-59?. The van der Waals surface area contributed by atoms with Crippen LogP contribution < -0.4 is 0 Å². The Morgan fingerprint density at radius 2 is 1.11 bits per heavy atom. The van der Waals surface area contributed by atoms with Crippen LogP contribution in [0.1, 0.15) is 41.2 Å². The van der Waals surface area contributed by atoms with Crippen molar-refractivity contribution in [3.8, 4) is 11.5 Å². The monoisotopic (exact) mass is 1160 g/mol. The summed E-state index contributed by atoms with van der Waals surface area (Å²) in [7, 11) is -19.2. The zero-order chi connectivity index (χ0) is 58.2. The van der Waals surface area contributed by atoms with Crippen molar-refractivity contribution in [3.63, 3.8) is 0 Å². The van der Waals surface area contributed by atoms with Crippen molar-refractivity contribution in [1.82, 2.24) is 0 Å². The molecule has 0 bridgehead atoms. The number of aromatic hydroxyl groups is 2. The highest BCUT2D eigenvalue weighted by molar-refractivity contribution is 7.87. The highest BCUT2D eigenvalue weighted by atomic mass is 32.2. The molecule has 0 fully saturated rings. The minimum Gasteiger partial charge on any atom is -0.508 e. The van der Waals surface area contributed by atoms with Crippen LogP contribution >= 0.6 is 0 Å². The Kier molecular flexibility index (Phi) is 18.8. The molecule has 25 nitrogen and oxygen atoms in total. The number of hydrogen-bond acceptors (Lipinski definition) is 21. The average molecular weight is 1160 g/mol. The summed E-state index contributed by atoms with van der Waals surface area (Å²) in [6.07, 6.45) is 2.54. The summed E-state index contributed by atoms with van der Waals surface area (Å²) < 4.78 is 140. The fraction of sp³-hybridized carbons (Fsp3) is 0.200. The molecule has 0 aliphatic carbocycles. The molecule has 6 aromatic carbocycles. The molecule has 0 spiro atoms. The number of benzene rings is 6. The maximum absolute atomic E-state index is 12.6. The van der Waals surface area contributed by atoms with Gasteiger partial charge in [-0.2, -0.15) is 74.6 Å². The summed E-state index contributed by atoms with van der Waals surface area (Å²) in [6.45, 7) is 13.4. The molecule has 6 aromatic rings. The highest BCUT2D eigenvalue weighted by Gasteiger charge is 2.24. The summed E-state index contributed by atoms with van der Waals surface area (Å²) in [5.74, 6) is -1.06. The van der Waals surface area contributed by atoms with E-state index in [1.807, 2.05) is 0 Å². The number of rotatable bonds is 21. The maximum Gasteiger partial charge on any atom is 0.296 e. The number of fused-ring (bicyclic) bond motifs is 1. The molecule has 0 heterocycles. The van der Waals surface area contributed by atoms with Crippen LogP contribution in [0.2, 0.25) is 0 Å². The maximum atomic E-state index is 12.6. The van der Waals surface area contributed by atoms with Gasteiger partial charge in [-0.25, -0.2) is 0 Å². The Morgan fingerprint density at radius 3 is 1.65 bits per heavy atom. The molecule has 414 valence electrons. The number of hydrogen-bond donors (Lipinski definition) is 6. The second kappa shape index (κ2) is 24.7. The van der Waals surface area contributed by atoms with Crippen molar-refractivity contribution < 1.29 is 66.8 Å². The Balaban J connectivity index is 1.22. The SMILES string of the molecule is C=C/C(C)=C(\C=C(/CN=Nc1cc(C)c(N=Nc2cc(C)c(N=Nc3c(S(=O)(=O)O)cc4cc(N=Nc5ccc(O)c(C)c5)ccc4c3O)cc2C)cc1C)OCCCS(=O)(=O)O)N=Nc1ccc(S(=O)(=O)O)cc1S(=O)(=O)O. The molecule has 0 aromatic heterocycles. The molecule has 29 heteroatoms. The van der Waals surface area contributed by atoms with Crippen LogP contribution in [0, 0.1) is 34.6 Å². The Bertz CT molecular complexity index is 4120. The number of nitrogens with zero attached hydrogens (tertiary/aromatic N) is 10. The normalized spacial score (nSPS) is 13.5. The van der Waals surface area contributed by atoms with Crippen LogP contribution in [0.15, 0.2) is 187 Å². The van der Waals surface area contributed by atoms with Gasteiger partial charge in [-0.15, -0.1) is 10.2 Å². The van der Waals surface area contributed by atoms with E-state index in [0.29, 0.717) is 67.9 Å². The zero-order valence-electron chi connectivity index (χ0n) is 42.7. The van der Waals surface area contributed by atoms with Gasteiger partial charge in [-0.1, -0.05) is 12.7 Å². The summed E-state index contributed by atoms with van der Waals surface area (Å²) in [4.78, 5) is -2.53. The topological polar surface area (TPSA) is 391 Å². The molecular formula is C50H50N10O15S4. The lowest BCUT2D eigenvalue weighted by molar-refractivity contribution is 0.209. The third-order valence-corrected chi connectivity index (χ3v) is 14.7. The van der Waals surface area contributed by atoms with Gasteiger partial charge in [0, 0.05) is 11.5 Å². The minimum atomic E-state index is -5.09. The summed E-state index contributed by atoms with van der Waals surface area (Å²) in [5.41, 5.74) is 4.67. The third-order valence-electron chi connectivity index (χ3n) is 11.3. The van der Waals surface area contributed by atoms with Crippen molar-refractivity contribution in [1.29, 1.82) is 0 Å². The largest absolute Gasteiger partial charge is 0.508 e. The van der Waals surface area contributed by atoms with Gasteiger partial charge in [0.15, 0.2) is 5.75 Å². The average Bonchev–Trinajstić information content (AvgIpc) is 3.37. The fourth-order valence-electron chi connectivity index (χ4n) is 7.02. The number of phenols is 2. The van der Waals surface area contributed by atoms with Crippen LogP contribution in [-0.4, -0.2) is 81.0 Å². The molecule has 79 heavy (non-hydrogen) atoms. The van der Waals surface area contributed by atoms with E-state index in [2.05, 4.69) is 57.7 Å². The van der Waals surface area contributed by atoms with E-state index in [1.54, 1.807) is 77.9 Å². The minimum absolute atomic E-state index is 0.00327.